The highest BCUT2D eigenvalue weighted by molar-refractivity contribution is 5.78. The van der Waals surface area contributed by atoms with Crippen LogP contribution in [0, 0.1) is 0 Å². The van der Waals surface area contributed by atoms with Crippen LogP contribution in [-0.4, -0.2) is 54.8 Å². The fourth-order valence-corrected chi connectivity index (χ4v) is 1.67. The van der Waals surface area contributed by atoms with Crippen molar-refractivity contribution < 1.29 is 19.1 Å². The average Bonchev–Trinajstić information content (AvgIpc) is 2.34. The molecule has 1 aliphatic rings. The molecule has 1 unspecified atom stereocenters. The third-order valence-electron chi connectivity index (χ3n) is 2.45. The third-order valence-corrected chi connectivity index (χ3v) is 2.45. The van der Waals surface area contributed by atoms with Gasteiger partial charge in [-0.05, 0) is 20.8 Å². The maximum Gasteiger partial charge on any atom is 0.410 e. The van der Waals surface area contributed by atoms with Crippen molar-refractivity contribution in [3.05, 3.63) is 12.7 Å². The molecular formula is C13H22N2O4. The number of ether oxygens (including phenoxy) is 2. The van der Waals surface area contributed by atoms with E-state index in [1.807, 2.05) is 20.8 Å². The zero-order valence-corrected chi connectivity index (χ0v) is 11.8. The Kier molecular flexibility index (Phi) is 5.35. The predicted molar refractivity (Wildman–Crippen MR) is 70.8 cm³/mol. The average molecular weight is 270 g/mol. The van der Waals surface area contributed by atoms with Crippen molar-refractivity contribution in [1.29, 1.82) is 0 Å². The summed E-state index contributed by atoms with van der Waals surface area (Å²) in [5.74, 6) is -0.353. The number of carbonyl (C=O) groups is 2. The Morgan fingerprint density at radius 3 is 2.74 bits per heavy atom. The van der Waals surface area contributed by atoms with Crippen LogP contribution in [0.15, 0.2) is 12.7 Å². The van der Waals surface area contributed by atoms with Crippen LogP contribution in [-0.2, 0) is 14.3 Å². The lowest BCUT2D eigenvalue weighted by Gasteiger charge is -2.33. The molecule has 0 aromatic heterocycles. The van der Waals surface area contributed by atoms with Crippen LogP contribution in [0.3, 0.4) is 0 Å². The van der Waals surface area contributed by atoms with Crippen molar-refractivity contribution >= 4 is 12.1 Å². The first kappa shape index (κ1) is 15.5. The molecule has 0 aromatic rings. The molecule has 1 atom stereocenters. The first-order chi connectivity index (χ1) is 8.83. The van der Waals surface area contributed by atoms with Gasteiger partial charge in [0, 0.05) is 13.1 Å². The summed E-state index contributed by atoms with van der Waals surface area (Å²) in [6.45, 7) is 10.4. The van der Waals surface area contributed by atoms with E-state index in [2.05, 4.69) is 11.9 Å². The number of esters is 1. The minimum absolute atomic E-state index is 0.167. The van der Waals surface area contributed by atoms with E-state index in [0.29, 0.717) is 13.1 Å². The molecule has 0 saturated carbocycles. The van der Waals surface area contributed by atoms with Gasteiger partial charge in [0.15, 0.2) is 0 Å². The van der Waals surface area contributed by atoms with Gasteiger partial charge in [0.25, 0.3) is 0 Å². The maximum absolute atomic E-state index is 11.9. The van der Waals surface area contributed by atoms with Crippen molar-refractivity contribution in [1.82, 2.24) is 10.2 Å². The summed E-state index contributed by atoms with van der Waals surface area (Å²) in [6.07, 6.45) is 1.07. The number of nitrogens with zero attached hydrogens (tertiary/aromatic N) is 1. The van der Waals surface area contributed by atoms with E-state index in [1.54, 1.807) is 0 Å². The van der Waals surface area contributed by atoms with Gasteiger partial charge < -0.3 is 19.7 Å². The molecule has 108 valence electrons. The zero-order chi connectivity index (χ0) is 14.5. The summed E-state index contributed by atoms with van der Waals surface area (Å²) in [4.78, 5) is 25.1. The van der Waals surface area contributed by atoms with Crippen molar-refractivity contribution in [2.45, 2.75) is 32.4 Å². The maximum atomic E-state index is 11.9. The van der Waals surface area contributed by atoms with E-state index < -0.39 is 17.7 Å². The van der Waals surface area contributed by atoms with Crippen molar-refractivity contribution in [2.75, 3.05) is 26.2 Å². The van der Waals surface area contributed by atoms with Gasteiger partial charge in [0.05, 0.1) is 6.54 Å². The van der Waals surface area contributed by atoms with Gasteiger partial charge >= 0.3 is 12.1 Å². The molecule has 6 heteroatoms. The first-order valence-corrected chi connectivity index (χ1v) is 6.32. The molecule has 19 heavy (non-hydrogen) atoms. The van der Waals surface area contributed by atoms with E-state index in [4.69, 9.17) is 9.47 Å². The number of hydrogen-bond donors (Lipinski definition) is 1. The second kappa shape index (κ2) is 6.56. The summed E-state index contributed by atoms with van der Waals surface area (Å²) in [6, 6.07) is -0.510. The Balaban J connectivity index is 2.52. The van der Waals surface area contributed by atoms with Crippen LogP contribution in [0.4, 0.5) is 4.79 Å². The molecule has 1 saturated heterocycles. The highest BCUT2D eigenvalue weighted by Crippen LogP contribution is 2.11. The SMILES string of the molecule is C=CCOC(=O)N1CCNC(C(=O)OC(C)(C)C)C1. The topological polar surface area (TPSA) is 67.9 Å². The highest BCUT2D eigenvalue weighted by Gasteiger charge is 2.31. The monoisotopic (exact) mass is 270 g/mol. The van der Waals surface area contributed by atoms with Crippen LogP contribution >= 0.6 is 0 Å². The quantitative estimate of drug-likeness (QED) is 0.610. The van der Waals surface area contributed by atoms with Crippen LogP contribution < -0.4 is 5.32 Å². The van der Waals surface area contributed by atoms with E-state index in [-0.39, 0.29) is 19.1 Å². The minimum Gasteiger partial charge on any atom is -0.459 e. The molecule has 1 heterocycles. The molecule has 1 N–H and O–H groups in total. The molecule has 0 spiro atoms. The molecule has 0 aliphatic carbocycles. The van der Waals surface area contributed by atoms with Gasteiger partial charge in [-0.25, -0.2) is 4.79 Å². The Bertz CT molecular complexity index is 349. The molecule has 6 nitrogen and oxygen atoms in total. The zero-order valence-electron chi connectivity index (χ0n) is 11.8. The smallest absolute Gasteiger partial charge is 0.410 e. The van der Waals surface area contributed by atoms with E-state index in [1.165, 1.54) is 11.0 Å². The van der Waals surface area contributed by atoms with E-state index in [0.717, 1.165) is 0 Å². The molecule has 1 rings (SSSR count). The summed E-state index contributed by atoms with van der Waals surface area (Å²) >= 11 is 0. The van der Waals surface area contributed by atoms with Gasteiger partial charge in [0.2, 0.25) is 0 Å². The molecule has 1 aliphatic heterocycles. The third kappa shape index (κ3) is 5.30. The lowest BCUT2D eigenvalue weighted by Crippen LogP contribution is -2.57. The predicted octanol–water partition coefficient (Wildman–Crippen LogP) is 0.924. The standard InChI is InChI=1S/C13H22N2O4/c1-5-8-18-12(17)15-7-6-14-10(9-15)11(16)19-13(2,3)4/h5,10,14H,1,6-9H2,2-4H3. The number of piperazine rings is 1. The number of nitrogens with one attached hydrogen (secondary N) is 1. The van der Waals surface area contributed by atoms with Crippen molar-refractivity contribution in [3.8, 4) is 0 Å². The van der Waals surface area contributed by atoms with Crippen molar-refractivity contribution in [2.24, 2.45) is 0 Å². The molecule has 1 amide bonds. The lowest BCUT2D eigenvalue weighted by molar-refractivity contribution is -0.158. The minimum atomic E-state index is -0.537. The largest absolute Gasteiger partial charge is 0.459 e. The van der Waals surface area contributed by atoms with Gasteiger partial charge in [0.1, 0.15) is 18.2 Å². The summed E-state index contributed by atoms with van der Waals surface area (Å²) in [5.41, 5.74) is -0.537. The second-order valence-corrected chi connectivity index (χ2v) is 5.35. The molecule has 0 radical (unpaired) electrons. The van der Waals surface area contributed by atoms with Gasteiger partial charge in [-0.3, -0.25) is 4.79 Å². The van der Waals surface area contributed by atoms with Crippen LogP contribution in [0.2, 0.25) is 0 Å². The van der Waals surface area contributed by atoms with Gasteiger partial charge in [-0.15, -0.1) is 0 Å². The Labute approximate surface area is 113 Å². The van der Waals surface area contributed by atoms with Crippen LogP contribution in [0.5, 0.6) is 0 Å². The summed E-state index contributed by atoms with van der Waals surface area (Å²) in [7, 11) is 0. The number of hydrogen-bond acceptors (Lipinski definition) is 5. The first-order valence-electron chi connectivity index (χ1n) is 6.32. The Hall–Kier alpha value is -1.56. The molecular weight excluding hydrogens is 248 g/mol. The molecule has 0 bridgehead atoms. The van der Waals surface area contributed by atoms with Gasteiger partial charge in [-0.1, -0.05) is 12.7 Å². The summed E-state index contributed by atoms with van der Waals surface area (Å²) in [5, 5.41) is 3.04. The normalized spacial score (nSPS) is 19.7. The fourth-order valence-electron chi connectivity index (χ4n) is 1.67. The highest BCUT2D eigenvalue weighted by atomic mass is 16.6. The van der Waals surface area contributed by atoms with Crippen LogP contribution in [0.1, 0.15) is 20.8 Å². The summed E-state index contributed by atoms with van der Waals surface area (Å²) < 4.78 is 10.2. The Morgan fingerprint density at radius 1 is 1.47 bits per heavy atom. The number of carbonyl (C=O) groups excluding carboxylic acids is 2. The van der Waals surface area contributed by atoms with Gasteiger partial charge in [-0.2, -0.15) is 0 Å². The van der Waals surface area contributed by atoms with E-state index >= 15 is 0 Å². The van der Waals surface area contributed by atoms with Crippen molar-refractivity contribution in [3.63, 3.8) is 0 Å². The Morgan fingerprint density at radius 2 is 2.16 bits per heavy atom. The number of rotatable bonds is 3. The van der Waals surface area contributed by atoms with E-state index in [9.17, 15) is 9.59 Å². The lowest BCUT2D eigenvalue weighted by atomic mass is 10.1. The second-order valence-electron chi connectivity index (χ2n) is 5.35. The fraction of sp³-hybridized carbons (Fsp3) is 0.692. The number of amides is 1. The molecule has 1 fully saturated rings. The molecule has 0 aromatic carbocycles. The van der Waals surface area contributed by atoms with Crippen LogP contribution in [0.25, 0.3) is 0 Å².